The van der Waals surface area contributed by atoms with Crippen molar-refractivity contribution in [2.75, 3.05) is 18.0 Å². The predicted octanol–water partition coefficient (Wildman–Crippen LogP) is 7.18. The quantitative estimate of drug-likeness (QED) is 0.471. The number of carbonyl (C=O) groups is 1. The summed E-state index contributed by atoms with van der Waals surface area (Å²) in [5.74, 6) is 1.94. The van der Waals surface area contributed by atoms with Crippen molar-refractivity contribution in [3.63, 3.8) is 0 Å². The van der Waals surface area contributed by atoms with Gasteiger partial charge in [0.05, 0.1) is 0 Å². The van der Waals surface area contributed by atoms with Crippen molar-refractivity contribution in [2.24, 2.45) is 17.8 Å². The Morgan fingerprint density at radius 1 is 0.969 bits per heavy atom. The minimum absolute atomic E-state index is 0.221. The van der Waals surface area contributed by atoms with E-state index in [1.54, 1.807) is 0 Å². The number of benzene rings is 2. The number of ketones is 1. The molecule has 2 fully saturated rings. The first kappa shape index (κ1) is 21.5. The van der Waals surface area contributed by atoms with Crippen LogP contribution >= 0.6 is 0 Å². The summed E-state index contributed by atoms with van der Waals surface area (Å²) >= 11 is 0. The summed E-state index contributed by atoms with van der Waals surface area (Å²) in [5.41, 5.74) is 8.30. The zero-order valence-corrected chi connectivity index (χ0v) is 19.8. The molecule has 1 saturated heterocycles. The van der Waals surface area contributed by atoms with Crippen molar-refractivity contribution in [1.29, 1.82) is 0 Å². The molecule has 2 heteroatoms. The number of Topliss-reactive ketones (excluding diaryl/α,β-unsaturated/α-hetero) is 1. The Labute approximate surface area is 193 Å². The SMILES string of the molecule is CCC1CCCC(C(=O)C2CCN(c3cccc(C4=C(C)c5ccccc5C4)c3)C2)CC1. The zero-order valence-electron chi connectivity index (χ0n) is 19.8. The number of hydrogen-bond acceptors (Lipinski definition) is 2. The molecule has 5 rings (SSSR count). The van der Waals surface area contributed by atoms with Gasteiger partial charge in [0.2, 0.25) is 0 Å². The summed E-state index contributed by atoms with van der Waals surface area (Å²) in [6, 6.07) is 17.8. The Balaban J connectivity index is 1.27. The highest BCUT2D eigenvalue weighted by Crippen LogP contribution is 2.39. The molecule has 32 heavy (non-hydrogen) atoms. The number of carbonyl (C=O) groups excluding carboxylic acids is 1. The lowest BCUT2D eigenvalue weighted by Crippen LogP contribution is -2.27. The van der Waals surface area contributed by atoms with Gasteiger partial charge in [0.1, 0.15) is 5.78 Å². The number of nitrogens with zero attached hydrogens (tertiary/aromatic N) is 1. The van der Waals surface area contributed by atoms with E-state index >= 15 is 0 Å². The highest BCUT2D eigenvalue weighted by molar-refractivity contribution is 5.96. The van der Waals surface area contributed by atoms with Gasteiger partial charge in [0, 0.05) is 30.6 Å². The maximum Gasteiger partial charge on any atom is 0.140 e. The van der Waals surface area contributed by atoms with Gasteiger partial charge in [-0.15, -0.1) is 0 Å². The number of anilines is 1. The second-order valence-corrected chi connectivity index (χ2v) is 10.3. The first-order chi connectivity index (χ1) is 15.6. The van der Waals surface area contributed by atoms with Gasteiger partial charge in [-0.2, -0.15) is 0 Å². The van der Waals surface area contributed by atoms with Crippen LogP contribution in [-0.2, 0) is 11.2 Å². The van der Waals surface area contributed by atoms with Crippen LogP contribution in [0.25, 0.3) is 11.1 Å². The van der Waals surface area contributed by atoms with Gasteiger partial charge in [-0.05, 0) is 84.9 Å². The normalized spacial score (nSPS) is 25.7. The van der Waals surface area contributed by atoms with Gasteiger partial charge in [0.25, 0.3) is 0 Å². The molecule has 0 amide bonds. The molecule has 1 heterocycles. The van der Waals surface area contributed by atoms with E-state index in [1.165, 1.54) is 59.2 Å². The van der Waals surface area contributed by atoms with Gasteiger partial charge in [-0.3, -0.25) is 4.79 Å². The standard InChI is InChI=1S/C30H37NO/c1-3-22-8-6-10-23(15-14-22)30(32)26-16-17-31(20-26)27-12-7-11-24(18-27)29-19-25-9-4-5-13-28(25)21(29)2/h4-5,7,9,11-13,18,22-23,26H,3,6,8,10,14-17,19-20H2,1-2H3. The second kappa shape index (κ2) is 9.25. The Kier molecular flexibility index (Phi) is 6.22. The van der Waals surface area contributed by atoms with E-state index < -0.39 is 0 Å². The van der Waals surface area contributed by atoms with Crippen LogP contribution in [0.15, 0.2) is 48.5 Å². The third kappa shape index (κ3) is 4.17. The predicted molar refractivity (Wildman–Crippen MR) is 135 cm³/mol. The molecule has 2 aromatic rings. The van der Waals surface area contributed by atoms with Crippen molar-refractivity contribution >= 4 is 22.6 Å². The van der Waals surface area contributed by atoms with Crippen molar-refractivity contribution in [2.45, 2.75) is 65.2 Å². The maximum atomic E-state index is 13.3. The summed E-state index contributed by atoms with van der Waals surface area (Å²) in [4.78, 5) is 15.8. The number of hydrogen-bond donors (Lipinski definition) is 0. The minimum atomic E-state index is 0.221. The Morgan fingerprint density at radius 3 is 2.69 bits per heavy atom. The molecule has 0 spiro atoms. The van der Waals surface area contributed by atoms with Crippen molar-refractivity contribution in [3.8, 4) is 0 Å². The maximum absolute atomic E-state index is 13.3. The van der Waals surface area contributed by atoms with Gasteiger partial charge >= 0.3 is 0 Å². The van der Waals surface area contributed by atoms with Crippen LogP contribution in [0.4, 0.5) is 5.69 Å². The molecule has 2 aliphatic carbocycles. The average molecular weight is 428 g/mol. The number of rotatable bonds is 5. The molecule has 0 N–H and O–H groups in total. The van der Waals surface area contributed by atoms with E-state index in [0.29, 0.717) is 11.7 Å². The van der Waals surface area contributed by atoms with Crippen molar-refractivity contribution in [1.82, 2.24) is 0 Å². The third-order valence-electron chi connectivity index (χ3n) is 8.46. The second-order valence-electron chi connectivity index (χ2n) is 10.3. The van der Waals surface area contributed by atoms with E-state index in [9.17, 15) is 4.79 Å². The Morgan fingerprint density at radius 2 is 1.84 bits per heavy atom. The largest absolute Gasteiger partial charge is 0.371 e. The lowest BCUT2D eigenvalue weighted by atomic mass is 9.86. The number of fused-ring (bicyclic) bond motifs is 1. The summed E-state index contributed by atoms with van der Waals surface area (Å²) in [6.07, 6.45) is 9.37. The minimum Gasteiger partial charge on any atom is -0.371 e. The van der Waals surface area contributed by atoms with Crippen LogP contribution in [0, 0.1) is 17.8 Å². The van der Waals surface area contributed by atoms with Crippen molar-refractivity contribution < 1.29 is 4.79 Å². The van der Waals surface area contributed by atoms with Crippen LogP contribution in [0.2, 0.25) is 0 Å². The molecular formula is C30H37NO. The molecule has 0 aromatic heterocycles. The molecule has 1 aliphatic heterocycles. The molecular weight excluding hydrogens is 390 g/mol. The van der Waals surface area contributed by atoms with E-state index in [-0.39, 0.29) is 5.92 Å². The smallest absolute Gasteiger partial charge is 0.140 e. The van der Waals surface area contributed by atoms with E-state index in [2.05, 4.69) is 67.3 Å². The molecule has 3 unspecified atom stereocenters. The van der Waals surface area contributed by atoms with Crippen LogP contribution in [-0.4, -0.2) is 18.9 Å². The molecule has 1 saturated carbocycles. The summed E-state index contributed by atoms with van der Waals surface area (Å²) in [5, 5.41) is 0. The van der Waals surface area contributed by atoms with Crippen LogP contribution < -0.4 is 4.90 Å². The first-order valence-corrected chi connectivity index (χ1v) is 12.8. The van der Waals surface area contributed by atoms with E-state index in [0.717, 1.165) is 44.7 Å². The van der Waals surface area contributed by atoms with Gasteiger partial charge < -0.3 is 4.90 Å². The average Bonchev–Trinajstić information content (AvgIpc) is 3.37. The first-order valence-electron chi connectivity index (χ1n) is 12.8. The van der Waals surface area contributed by atoms with Gasteiger partial charge in [-0.1, -0.05) is 62.6 Å². The van der Waals surface area contributed by atoms with Crippen LogP contribution in [0.3, 0.4) is 0 Å². The van der Waals surface area contributed by atoms with E-state index in [1.807, 2.05) is 0 Å². The topological polar surface area (TPSA) is 20.3 Å². The lowest BCUT2D eigenvalue weighted by Gasteiger charge is -2.21. The monoisotopic (exact) mass is 427 g/mol. The molecule has 2 nitrogen and oxygen atoms in total. The lowest BCUT2D eigenvalue weighted by molar-refractivity contribution is -0.126. The van der Waals surface area contributed by atoms with Crippen LogP contribution in [0.1, 0.15) is 75.5 Å². The van der Waals surface area contributed by atoms with E-state index in [4.69, 9.17) is 0 Å². The highest BCUT2D eigenvalue weighted by Gasteiger charge is 2.34. The molecule has 3 aliphatic rings. The molecule has 0 bridgehead atoms. The van der Waals surface area contributed by atoms with Crippen LogP contribution in [0.5, 0.6) is 0 Å². The molecule has 2 aromatic carbocycles. The van der Waals surface area contributed by atoms with Crippen molar-refractivity contribution in [3.05, 3.63) is 65.2 Å². The molecule has 168 valence electrons. The highest BCUT2D eigenvalue weighted by atomic mass is 16.1. The molecule has 0 radical (unpaired) electrons. The summed E-state index contributed by atoms with van der Waals surface area (Å²) in [6.45, 7) is 6.46. The third-order valence-corrected chi connectivity index (χ3v) is 8.46. The fourth-order valence-electron chi connectivity index (χ4n) is 6.37. The number of allylic oxidation sites excluding steroid dienone is 2. The van der Waals surface area contributed by atoms with Gasteiger partial charge in [0.15, 0.2) is 0 Å². The van der Waals surface area contributed by atoms with Gasteiger partial charge in [-0.25, -0.2) is 0 Å². The summed E-state index contributed by atoms with van der Waals surface area (Å²) in [7, 11) is 0. The fraction of sp³-hybridized carbons (Fsp3) is 0.500. The fourth-order valence-corrected chi connectivity index (χ4v) is 6.37. The summed E-state index contributed by atoms with van der Waals surface area (Å²) < 4.78 is 0. The molecule has 3 atom stereocenters. The Hall–Kier alpha value is -2.35. The zero-order chi connectivity index (χ0) is 22.1. The Bertz CT molecular complexity index is 1020.